The Morgan fingerprint density at radius 3 is 2.70 bits per heavy atom. The van der Waals surface area contributed by atoms with E-state index in [-0.39, 0.29) is 4.90 Å². The van der Waals surface area contributed by atoms with Gasteiger partial charge in [0.2, 0.25) is 0 Å². The Kier molecular flexibility index (Phi) is 4.24. The Bertz CT molecular complexity index is 699. The van der Waals surface area contributed by atoms with Crippen molar-refractivity contribution < 1.29 is 8.42 Å². The maximum atomic E-state index is 12.4. The Hall–Kier alpha value is -2.08. The van der Waals surface area contributed by atoms with Gasteiger partial charge in [0.1, 0.15) is 10.7 Å². The number of pyridine rings is 1. The standard InChI is InChI=1S/C14H17N3O2S/c1-3-15-14-13(8-5-9-16-14)20(18,19)17-12-7-4-6-11(2)10-12/h4-10,17H,3H2,1-2H3,(H,15,16). The maximum absolute atomic E-state index is 12.4. The fourth-order valence-corrected chi connectivity index (χ4v) is 3.01. The fourth-order valence-electron chi connectivity index (χ4n) is 1.83. The SMILES string of the molecule is CCNc1ncccc1S(=O)(=O)Nc1cccc(C)c1. The lowest BCUT2D eigenvalue weighted by Crippen LogP contribution is -2.16. The fraction of sp³-hybridized carbons (Fsp3) is 0.214. The first-order chi connectivity index (χ1) is 9.53. The van der Waals surface area contributed by atoms with Crippen LogP contribution in [0.3, 0.4) is 0 Å². The minimum absolute atomic E-state index is 0.142. The number of anilines is 2. The summed E-state index contributed by atoms with van der Waals surface area (Å²) in [5.74, 6) is 0.357. The van der Waals surface area contributed by atoms with Crippen LogP contribution < -0.4 is 10.0 Å². The predicted octanol–water partition coefficient (Wildman–Crippen LogP) is 2.62. The van der Waals surface area contributed by atoms with Gasteiger partial charge in [-0.1, -0.05) is 12.1 Å². The Morgan fingerprint density at radius 1 is 1.20 bits per heavy atom. The molecule has 20 heavy (non-hydrogen) atoms. The molecule has 0 aliphatic rings. The molecule has 0 bridgehead atoms. The molecule has 6 heteroatoms. The highest BCUT2D eigenvalue weighted by Gasteiger charge is 2.19. The monoisotopic (exact) mass is 291 g/mol. The summed E-state index contributed by atoms with van der Waals surface area (Å²) in [6.45, 7) is 4.40. The van der Waals surface area contributed by atoms with E-state index in [0.717, 1.165) is 5.56 Å². The Labute approximate surface area is 119 Å². The summed E-state index contributed by atoms with van der Waals surface area (Å²) >= 11 is 0. The van der Waals surface area contributed by atoms with Gasteiger partial charge in [-0.15, -0.1) is 0 Å². The molecule has 1 heterocycles. The van der Waals surface area contributed by atoms with Crippen LogP contribution in [-0.4, -0.2) is 19.9 Å². The van der Waals surface area contributed by atoms with Crippen LogP contribution in [0.1, 0.15) is 12.5 Å². The summed E-state index contributed by atoms with van der Waals surface area (Å²) in [4.78, 5) is 4.21. The van der Waals surface area contributed by atoms with Gasteiger partial charge in [0, 0.05) is 18.4 Å². The average molecular weight is 291 g/mol. The van der Waals surface area contributed by atoms with Crippen LogP contribution in [0.25, 0.3) is 0 Å². The van der Waals surface area contributed by atoms with E-state index in [0.29, 0.717) is 18.1 Å². The third-order valence-electron chi connectivity index (χ3n) is 2.67. The third-order valence-corrected chi connectivity index (χ3v) is 4.09. The van der Waals surface area contributed by atoms with Crippen molar-refractivity contribution in [2.75, 3.05) is 16.6 Å². The predicted molar refractivity (Wildman–Crippen MR) is 80.4 cm³/mol. The minimum Gasteiger partial charge on any atom is -0.369 e. The normalized spacial score (nSPS) is 11.1. The lowest BCUT2D eigenvalue weighted by Gasteiger charge is -2.12. The molecule has 0 atom stereocenters. The van der Waals surface area contributed by atoms with Crippen LogP contribution in [-0.2, 0) is 10.0 Å². The molecule has 0 amide bonds. The van der Waals surface area contributed by atoms with Crippen LogP contribution in [0.15, 0.2) is 47.5 Å². The maximum Gasteiger partial charge on any atom is 0.265 e. The molecule has 0 fully saturated rings. The van der Waals surface area contributed by atoms with Crippen molar-refractivity contribution in [3.8, 4) is 0 Å². The highest BCUT2D eigenvalue weighted by molar-refractivity contribution is 7.92. The number of nitrogens with one attached hydrogen (secondary N) is 2. The molecule has 0 saturated carbocycles. The second kappa shape index (κ2) is 5.92. The molecule has 0 aliphatic carbocycles. The van der Waals surface area contributed by atoms with E-state index >= 15 is 0 Å². The van der Waals surface area contributed by atoms with Crippen LogP contribution in [0, 0.1) is 6.92 Å². The van der Waals surface area contributed by atoms with Gasteiger partial charge in [0.05, 0.1) is 0 Å². The quantitative estimate of drug-likeness (QED) is 0.888. The summed E-state index contributed by atoms with van der Waals surface area (Å²) in [5, 5.41) is 2.95. The zero-order chi connectivity index (χ0) is 14.6. The van der Waals surface area contributed by atoms with Gasteiger partial charge in [-0.25, -0.2) is 13.4 Å². The van der Waals surface area contributed by atoms with E-state index < -0.39 is 10.0 Å². The number of hydrogen-bond donors (Lipinski definition) is 2. The lowest BCUT2D eigenvalue weighted by atomic mass is 10.2. The molecule has 1 aromatic carbocycles. The average Bonchev–Trinajstić information content (AvgIpc) is 2.39. The Morgan fingerprint density at radius 2 is 2.00 bits per heavy atom. The van der Waals surface area contributed by atoms with Gasteiger partial charge in [-0.2, -0.15) is 0 Å². The molecule has 0 unspecified atom stereocenters. The summed E-state index contributed by atoms with van der Waals surface area (Å²) in [5.41, 5.74) is 1.53. The van der Waals surface area contributed by atoms with Crippen molar-refractivity contribution in [3.63, 3.8) is 0 Å². The van der Waals surface area contributed by atoms with E-state index in [4.69, 9.17) is 0 Å². The first kappa shape index (κ1) is 14.3. The van der Waals surface area contributed by atoms with Gasteiger partial charge in [0.25, 0.3) is 10.0 Å². The topological polar surface area (TPSA) is 71.1 Å². The minimum atomic E-state index is -3.66. The van der Waals surface area contributed by atoms with Crippen molar-refractivity contribution in [1.82, 2.24) is 4.98 Å². The van der Waals surface area contributed by atoms with Gasteiger partial charge >= 0.3 is 0 Å². The van der Waals surface area contributed by atoms with Crippen molar-refractivity contribution in [3.05, 3.63) is 48.2 Å². The van der Waals surface area contributed by atoms with E-state index in [2.05, 4.69) is 15.0 Å². The zero-order valence-electron chi connectivity index (χ0n) is 11.4. The van der Waals surface area contributed by atoms with E-state index in [1.54, 1.807) is 24.4 Å². The molecular formula is C14H17N3O2S. The second-order valence-corrected chi connectivity index (χ2v) is 6.01. The molecule has 106 valence electrons. The molecule has 2 rings (SSSR count). The van der Waals surface area contributed by atoms with Gasteiger partial charge in [0.15, 0.2) is 0 Å². The number of benzene rings is 1. The van der Waals surface area contributed by atoms with Crippen molar-refractivity contribution >= 4 is 21.5 Å². The molecular weight excluding hydrogens is 274 g/mol. The van der Waals surface area contributed by atoms with E-state index in [1.165, 1.54) is 6.07 Å². The first-order valence-corrected chi connectivity index (χ1v) is 7.79. The van der Waals surface area contributed by atoms with Crippen LogP contribution in [0.2, 0.25) is 0 Å². The second-order valence-electron chi connectivity index (χ2n) is 4.36. The van der Waals surface area contributed by atoms with Crippen molar-refractivity contribution in [2.24, 2.45) is 0 Å². The van der Waals surface area contributed by atoms with Gasteiger partial charge < -0.3 is 5.32 Å². The molecule has 0 radical (unpaired) electrons. The van der Waals surface area contributed by atoms with Crippen LogP contribution in [0.4, 0.5) is 11.5 Å². The Balaban J connectivity index is 2.36. The number of hydrogen-bond acceptors (Lipinski definition) is 4. The largest absolute Gasteiger partial charge is 0.369 e. The lowest BCUT2D eigenvalue weighted by molar-refractivity contribution is 0.601. The third kappa shape index (κ3) is 3.27. The number of aromatic nitrogens is 1. The molecule has 0 saturated heterocycles. The number of aryl methyl sites for hydroxylation is 1. The number of rotatable bonds is 5. The summed E-state index contributed by atoms with van der Waals surface area (Å²) in [6, 6.07) is 10.3. The highest BCUT2D eigenvalue weighted by Crippen LogP contribution is 2.21. The zero-order valence-corrected chi connectivity index (χ0v) is 12.2. The molecule has 0 spiro atoms. The van der Waals surface area contributed by atoms with E-state index in [1.807, 2.05) is 26.0 Å². The smallest absolute Gasteiger partial charge is 0.265 e. The van der Waals surface area contributed by atoms with Gasteiger partial charge in [-0.05, 0) is 43.7 Å². The van der Waals surface area contributed by atoms with Crippen molar-refractivity contribution in [1.29, 1.82) is 0 Å². The van der Waals surface area contributed by atoms with Gasteiger partial charge in [-0.3, -0.25) is 4.72 Å². The molecule has 5 nitrogen and oxygen atoms in total. The summed E-state index contributed by atoms with van der Waals surface area (Å²) in [7, 11) is -3.66. The molecule has 1 aromatic heterocycles. The molecule has 0 aliphatic heterocycles. The first-order valence-electron chi connectivity index (χ1n) is 6.31. The van der Waals surface area contributed by atoms with Crippen LogP contribution in [0.5, 0.6) is 0 Å². The van der Waals surface area contributed by atoms with Crippen LogP contribution >= 0.6 is 0 Å². The molecule has 2 aromatic rings. The van der Waals surface area contributed by atoms with Crippen molar-refractivity contribution in [2.45, 2.75) is 18.7 Å². The summed E-state index contributed by atoms with van der Waals surface area (Å²) < 4.78 is 27.4. The summed E-state index contributed by atoms with van der Waals surface area (Å²) in [6.07, 6.45) is 1.56. The number of nitrogens with zero attached hydrogens (tertiary/aromatic N) is 1. The number of sulfonamides is 1. The van der Waals surface area contributed by atoms with E-state index in [9.17, 15) is 8.42 Å². The highest BCUT2D eigenvalue weighted by atomic mass is 32.2. The molecule has 2 N–H and O–H groups in total.